The Bertz CT molecular complexity index is 1120. The third kappa shape index (κ3) is 5.13. The second kappa shape index (κ2) is 9.94. The maximum Gasteiger partial charge on any atom is 0.414 e. The number of anilines is 1. The average molecular weight is 458 g/mol. The number of benzene rings is 2. The van der Waals surface area contributed by atoms with Crippen LogP contribution in [0.3, 0.4) is 0 Å². The standard InChI is InChI=1S/C21H17Cl2N5O3/c1-3-28(20(30)31)19(29)18(11-24)27-26-15-8-9-16(17(23)10-15)21(2,12-25)13-4-6-14(22)7-5-13/h4-10,26H,3H2,1-2H3,(H,30,31)/b27-18+. The first-order valence-corrected chi connectivity index (χ1v) is 9.69. The maximum atomic E-state index is 12.1. The molecule has 8 nitrogen and oxygen atoms in total. The molecule has 2 amide bonds. The Hall–Kier alpha value is -3.59. The number of nitriles is 2. The number of nitrogens with zero attached hydrogens (tertiary/aromatic N) is 4. The lowest BCUT2D eigenvalue weighted by Crippen LogP contribution is -2.40. The topological polar surface area (TPSA) is 130 Å². The minimum absolute atomic E-state index is 0.132. The largest absolute Gasteiger partial charge is 0.465 e. The number of halogens is 2. The smallest absolute Gasteiger partial charge is 0.414 e. The molecule has 1 unspecified atom stereocenters. The Morgan fingerprint density at radius 3 is 2.32 bits per heavy atom. The first-order valence-electron chi connectivity index (χ1n) is 8.93. The summed E-state index contributed by atoms with van der Waals surface area (Å²) in [6, 6.07) is 15.4. The summed E-state index contributed by atoms with van der Waals surface area (Å²) >= 11 is 12.3. The van der Waals surface area contributed by atoms with Crippen LogP contribution in [-0.4, -0.2) is 34.3 Å². The van der Waals surface area contributed by atoms with Gasteiger partial charge in [0.15, 0.2) is 0 Å². The Labute approximate surface area is 188 Å². The van der Waals surface area contributed by atoms with Crippen molar-refractivity contribution < 1.29 is 14.7 Å². The molecule has 0 saturated heterocycles. The first-order chi connectivity index (χ1) is 14.7. The van der Waals surface area contributed by atoms with Crippen molar-refractivity contribution in [1.82, 2.24) is 4.90 Å². The summed E-state index contributed by atoms with van der Waals surface area (Å²) in [5, 5.41) is 32.5. The van der Waals surface area contributed by atoms with E-state index in [1.165, 1.54) is 13.0 Å². The summed E-state index contributed by atoms with van der Waals surface area (Å²) in [5.41, 5.74) is 2.40. The van der Waals surface area contributed by atoms with Crippen molar-refractivity contribution in [3.05, 3.63) is 63.6 Å². The van der Waals surface area contributed by atoms with Crippen LogP contribution in [0, 0.1) is 22.7 Å². The molecule has 31 heavy (non-hydrogen) atoms. The van der Waals surface area contributed by atoms with Gasteiger partial charge in [-0.3, -0.25) is 10.2 Å². The van der Waals surface area contributed by atoms with Crippen LogP contribution in [-0.2, 0) is 10.2 Å². The van der Waals surface area contributed by atoms with Crippen LogP contribution in [0.15, 0.2) is 47.6 Å². The molecule has 1 atom stereocenters. The van der Waals surface area contributed by atoms with Gasteiger partial charge in [0, 0.05) is 16.6 Å². The number of carboxylic acid groups (broad SMARTS) is 1. The molecular formula is C21H17Cl2N5O3. The van der Waals surface area contributed by atoms with Gasteiger partial charge < -0.3 is 5.11 Å². The number of hydrogen-bond acceptors (Lipinski definition) is 6. The molecule has 10 heteroatoms. The molecule has 0 aromatic heterocycles. The van der Waals surface area contributed by atoms with E-state index in [0.29, 0.717) is 26.7 Å². The number of rotatable bonds is 6. The first kappa shape index (κ1) is 23.7. The molecule has 0 heterocycles. The number of nitrogens with one attached hydrogen (secondary N) is 1. The highest BCUT2D eigenvalue weighted by Gasteiger charge is 2.31. The molecule has 0 bridgehead atoms. The normalized spacial score (nSPS) is 12.8. The lowest BCUT2D eigenvalue weighted by atomic mass is 9.77. The molecule has 0 aliphatic heterocycles. The highest BCUT2D eigenvalue weighted by atomic mass is 35.5. The van der Waals surface area contributed by atoms with Crippen LogP contribution < -0.4 is 5.43 Å². The summed E-state index contributed by atoms with van der Waals surface area (Å²) < 4.78 is 0. The second-order valence-corrected chi connectivity index (χ2v) is 7.30. The van der Waals surface area contributed by atoms with Gasteiger partial charge in [-0.25, -0.2) is 9.69 Å². The molecule has 0 fully saturated rings. The van der Waals surface area contributed by atoms with Gasteiger partial charge in [-0.05, 0) is 49.2 Å². The van der Waals surface area contributed by atoms with E-state index in [9.17, 15) is 14.9 Å². The molecule has 0 aliphatic rings. The molecule has 2 aromatic carbocycles. The zero-order valence-electron chi connectivity index (χ0n) is 16.6. The van der Waals surface area contributed by atoms with E-state index in [1.807, 2.05) is 0 Å². The number of hydrazone groups is 1. The number of carbonyl (C=O) groups is 2. The molecule has 2 N–H and O–H groups in total. The van der Waals surface area contributed by atoms with Gasteiger partial charge in [0.2, 0.25) is 5.71 Å². The van der Waals surface area contributed by atoms with Gasteiger partial charge in [0.05, 0.1) is 11.8 Å². The van der Waals surface area contributed by atoms with E-state index in [1.54, 1.807) is 49.4 Å². The van der Waals surface area contributed by atoms with Crippen LogP contribution in [0.4, 0.5) is 10.5 Å². The zero-order chi connectivity index (χ0) is 23.2. The van der Waals surface area contributed by atoms with Crippen LogP contribution in [0.2, 0.25) is 10.0 Å². The Balaban J connectivity index is 2.34. The number of amides is 2. The number of carbonyl (C=O) groups excluding carboxylic acids is 1. The Morgan fingerprint density at radius 2 is 1.84 bits per heavy atom. The summed E-state index contributed by atoms with van der Waals surface area (Å²) in [7, 11) is 0. The fourth-order valence-corrected chi connectivity index (χ4v) is 3.28. The second-order valence-electron chi connectivity index (χ2n) is 6.45. The van der Waals surface area contributed by atoms with Crippen molar-refractivity contribution in [2.75, 3.05) is 12.0 Å². The summed E-state index contributed by atoms with van der Waals surface area (Å²) in [6.07, 6.45) is -1.49. The minimum atomic E-state index is -1.49. The van der Waals surface area contributed by atoms with E-state index in [0.717, 1.165) is 0 Å². The molecular weight excluding hydrogens is 441 g/mol. The molecule has 2 aromatic rings. The predicted molar refractivity (Wildman–Crippen MR) is 117 cm³/mol. The Morgan fingerprint density at radius 1 is 1.19 bits per heavy atom. The van der Waals surface area contributed by atoms with Gasteiger partial charge >= 0.3 is 6.09 Å². The van der Waals surface area contributed by atoms with Crippen molar-refractivity contribution in [2.45, 2.75) is 19.3 Å². The van der Waals surface area contributed by atoms with Crippen molar-refractivity contribution >= 4 is 46.6 Å². The fourth-order valence-electron chi connectivity index (χ4n) is 2.79. The molecule has 0 spiro atoms. The third-order valence-corrected chi connectivity index (χ3v) is 5.12. The van der Waals surface area contributed by atoms with Gasteiger partial charge in [-0.15, -0.1) is 0 Å². The van der Waals surface area contributed by atoms with Gasteiger partial charge in [-0.2, -0.15) is 15.6 Å². The summed E-state index contributed by atoms with van der Waals surface area (Å²) in [5.74, 6) is -1.05. The number of imide groups is 1. The molecule has 0 radical (unpaired) electrons. The van der Waals surface area contributed by atoms with E-state index < -0.39 is 23.1 Å². The monoisotopic (exact) mass is 457 g/mol. The van der Waals surface area contributed by atoms with E-state index in [2.05, 4.69) is 16.6 Å². The average Bonchev–Trinajstić information content (AvgIpc) is 2.74. The van der Waals surface area contributed by atoms with E-state index in [-0.39, 0.29) is 11.6 Å². The molecule has 158 valence electrons. The van der Waals surface area contributed by atoms with E-state index >= 15 is 0 Å². The number of hydrogen-bond donors (Lipinski definition) is 2. The minimum Gasteiger partial charge on any atom is -0.465 e. The third-order valence-electron chi connectivity index (χ3n) is 4.55. The lowest BCUT2D eigenvalue weighted by molar-refractivity contribution is -0.121. The zero-order valence-corrected chi connectivity index (χ0v) is 18.1. The van der Waals surface area contributed by atoms with Crippen molar-refractivity contribution in [1.29, 1.82) is 10.5 Å². The van der Waals surface area contributed by atoms with E-state index in [4.69, 9.17) is 33.6 Å². The maximum absolute atomic E-state index is 12.1. The SMILES string of the molecule is CCN(C(=O)O)C(=O)/C(C#N)=N/Nc1ccc(C(C)(C#N)c2ccc(Cl)cc2)c(Cl)c1. The Kier molecular flexibility index (Phi) is 7.60. The lowest BCUT2D eigenvalue weighted by Gasteiger charge is -2.24. The van der Waals surface area contributed by atoms with Crippen LogP contribution in [0.1, 0.15) is 25.0 Å². The highest BCUT2D eigenvalue weighted by Crippen LogP contribution is 2.37. The quantitative estimate of drug-likeness (QED) is 0.479. The molecule has 2 rings (SSSR count). The van der Waals surface area contributed by atoms with Crippen molar-refractivity contribution in [2.24, 2.45) is 5.10 Å². The van der Waals surface area contributed by atoms with Gasteiger partial charge in [-0.1, -0.05) is 41.4 Å². The highest BCUT2D eigenvalue weighted by molar-refractivity contribution is 6.46. The molecule has 0 aliphatic carbocycles. The summed E-state index contributed by atoms with van der Waals surface area (Å²) in [4.78, 5) is 23.7. The van der Waals surface area contributed by atoms with Crippen LogP contribution in [0.5, 0.6) is 0 Å². The van der Waals surface area contributed by atoms with Crippen molar-refractivity contribution in [3.63, 3.8) is 0 Å². The van der Waals surface area contributed by atoms with Crippen molar-refractivity contribution in [3.8, 4) is 12.1 Å². The van der Waals surface area contributed by atoms with Crippen LogP contribution in [0.25, 0.3) is 0 Å². The van der Waals surface area contributed by atoms with Gasteiger partial charge in [0.25, 0.3) is 5.91 Å². The summed E-state index contributed by atoms with van der Waals surface area (Å²) in [6.45, 7) is 3.05. The molecule has 0 saturated carbocycles. The predicted octanol–water partition coefficient (Wildman–Crippen LogP) is 4.64. The van der Waals surface area contributed by atoms with Crippen LogP contribution >= 0.6 is 23.2 Å². The fraction of sp³-hybridized carbons (Fsp3) is 0.190. The van der Waals surface area contributed by atoms with Gasteiger partial charge in [0.1, 0.15) is 11.5 Å².